The summed E-state index contributed by atoms with van der Waals surface area (Å²) in [4.78, 5) is 9.73. The van der Waals surface area contributed by atoms with Crippen LogP contribution in [0.1, 0.15) is 0 Å². The minimum absolute atomic E-state index is 0.290. The molecular formula is C9H4FN5O2. The van der Waals surface area contributed by atoms with E-state index in [4.69, 9.17) is 10.5 Å². The van der Waals surface area contributed by atoms with Gasteiger partial charge in [-0.25, -0.2) is 4.39 Å². The van der Waals surface area contributed by atoms with Gasteiger partial charge in [-0.15, -0.1) is 0 Å². The number of nitro benzene ring substituents is 1. The van der Waals surface area contributed by atoms with E-state index in [1.807, 2.05) is 0 Å². The quantitative estimate of drug-likeness (QED) is 0.483. The summed E-state index contributed by atoms with van der Waals surface area (Å²) in [7, 11) is 0. The van der Waals surface area contributed by atoms with E-state index < -0.39 is 16.5 Å². The predicted octanol–water partition coefficient (Wildman–Crippen LogP) is 1.55. The van der Waals surface area contributed by atoms with Crippen LogP contribution in [-0.4, -0.2) is 10.6 Å². The van der Waals surface area contributed by atoms with Crippen LogP contribution in [0.25, 0.3) is 0 Å². The minimum atomic E-state index is -0.783. The number of non-ortho nitro benzene ring substituents is 1. The Balaban J connectivity index is 3.04. The van der Waals surface area contributed by atoms with Gasteiger partial charge in [0.1, 0.15) is 18.0 Å². The number of hydrogen-bond acceptors (Lipinski definition) is 6. The van der Waals surface area contributed by atoms with E-state index in [0.717, 1.165) is 18.2 Å². The molecule has 0 radical (unpaired) electrons. The van der Waals surface area contributed by atoms with Gasteiger partial charge in [-0.1, -0.05) is 0 Å². The van der Waals surface area contributed by atoms with Crippen LogP contribution >= 0.6 is 0 Å². The minimum Gasteiger partial charge on any atom is -0.273 e. The number of nitrogens with one attached hydrogen (secondary N) is 1. The van der Waals surface area contributed by atoms with Crippen molar-refractivity contribution in [2.24, 2.45) is 5.10 Å². The Morgan fingerprint density at radius 2 is 2.12 bits per heavy atom. The molecule has 1 aromatic rings. The summed E-state index contributed by atoms with van der Waals surface area (Å²) in [6.07, 6.45) is 0. The third kappa shape index (κ3) is 2.97. The van der Waals surface area contributed by atoms with Crippen molar-refractivity contribution < 1.29 is 9.31 Å². The maximum Gasteiger partial charge on any atom is 0.271 e. The molecule has 0 aliphatic heterocycles. The molecule has 0 aromatic heterocycles. The van der Waals surface area contributed by atoms with E-state index in [1.165, 1.54) is 12.1 Å². The first-order valence-corrected chi connectivity index (χ1v) is 4.16. The fraction of sp³-hybridized carbons (Fsp3) is 0. The average Bonchev–Trinajstić information content (AvgIpc) is 2.32. The van der Waals surface area contributed by atoms with E-state index in [0.29, 0.717) is 0 Å². The highest BCUT2D eigenvalue weighted by molar-refractivity contribution is 6.10. The predicted molar refractivity (Wildman–Crippen MR) is 55.3 cm³/mol. The summed E-state index contributed by atoms with van der Waals surface area (Å²) in [5.74, 6) is -0.783. The van der Waals surface area contributed by atoms with E-state index in [1.54, 1.807) is 0 Å². The highest BCUT2D eigenvalue weighted by Crippen LogP contribution is 2.21. The molecule has 0 fully saturated rings. The topological polar surface area (TPSA) is 115 Å². The zero-order valence-electron chi connectivity index (χ0n) is 8.22. The maximum atomic E-state index is 13.2. The largest absolute Gasteiger partial charge is 0.273 e. The molecule has 84 valence electrons. The summed E-state index contributed by atoms with van der Waals surface area (Å²) in [6, 6.07) is 5.67. The normalized spacial score (nSPS) is 8.65. The SMILES string of the molecule is N#CC(C#N)=NNc1cc([N+](=O)[O-])ccc1F. The van der Waals surface area contributed by atoms with E-state index in [2.05, 4.69) is 10.5 Å². The van der Waals surface area contributed by atoms with E-state index in [-0.39, 0.29) is 11.4 Å². The van der Waals surface area contributed by atoms with Crippen molar-refractivity contribution in [3.63, 3.8) is 0 Å². The Bertz CT molecular complexity index is 554. The second-order valence-electron chi connectivity index (χ2n) is 2.72. The number of halogens is 1. The summed E-state index contributed by atoms with van der Waals surface area (Å²) < 4.78 is 13.2. The van der Waals surface area contributed by atoms with Crippen LogP contribution in [0.5, 0.6) is 0 Å². The Morgan fingerprint density at radius 1 is 1.47 bits per heavy atom. The van der Waals surface area contributed by atoms with Crippen LogP contribution < -0.4 is 5.43 Å². The van der Waals surface area contributed by atoms with Gasteiger partial charge in [0.15, 0.2) is 0 Å². The van der Waals surface area contributed by atoms with Gasteiger partial charge in [0.05, 0.1) is 10.6 Å². The Kier molecular flexibility index (Phi) is 3.68. The van der Waals surface area contributed by atoms with Crippen LogP contribution in [0.15, 0.2) is 23.3 Å². The first-order chi connectivity index (χ1) is 8.08. The lowest BCUT2D eigenvalue weighted by Gasteiger charge is -2.01. The average molecular weight is 233 g/mol. The molecule has 1 aromatic carbocycles. The second-order valence-corrected chi connectivity index (χ2v) is 2.72. The summed E-state index contributed by atoms with van der Waals surface area (Å²) in [5.41, 5.74) is 0.933. The van der Waals surface area contributed by atoms with Gasteiger partial charge in [-0.2, -0.15) is 15.6 Å². The Labute approximate surface area is 94.5 Å². The van der Waals surface area contributed by atoms with Gasteiger partial charge in [-0.3, -0.25) is 15.5 Å². The summed E-state index contributed by atoms with van der Waals surface area (Å²) >= 11 is 0. The van der Waals surface area contributed by atoms with Gasteiger partial charge >= 0.3 is 0 Å². The van der Waals surface area contributed by atoms with Crippen LogP contribution in [0.2, 0.25) is 0 Å². The van der Waals surface area contributed by atoms with Crippen molar-refractivity contribution >= 4 is 17.1 Å². The molecule has 0 bridgehead atoms. The monoisotopic (exact) mass is 233 g/mol. The van der Waals surface area contributed by atoms with Crippen molar-refractivity contribution in [1.82, 2.24) is 0 Å². The number of nitro groups is 1. The molecule has 0 amide bonds. The van der Waals surface area contributed by atoms with Crippen molar-refractivity contribution in [1.29, 1.82) is 10.5 Å². The molecule has 0 spiro atoms. The number of benzene rings is 1. The Morgan fingerprint density at radius 3 is 2.65 bits per heavy atom. The molecule has 17 heavy (non-hydrogen) atoms. The Hall–Kier alpha value is -3.00. The lowest BCUT2D eigenvalue weighted by Crippen LogP contribution is -1.99. The fourth-order valence-corrected chi connectivity index (χ4v) is 0.904. The van der Waals surface area contributed by atoms with Gasteiger partial charge in [0.2, 0.25) is 5.71 Å². The summed E-state index contributed by atoms with van der Waals surface area (Å²) in [5, 5.41) is 30.4. The zero-order chi connectivity index (χ0) is 12.8. The third-order valence-corrected chi connectivity index (χ3v) is 1.66. The third-order valence-electron chi connectivity index (χ3n) is 1.66. The van der Waals surface area contributed by atoms with Crippen molar-refractivity contribution in [3.05, 3.63) is 34.1 Å². The zero-order valence-corrected chi connectivity index (χ0v) is 8.22. The standard InChI is InChI=1S/C9H4FN5O2/c10-8-2-1-7(15(16)17)3-9(8)14-13-6(4-11)5-12/h1-3,14H. The molecule has 0 aliphatic carbocycles. The molecule has 0 aliphatic rings. The molecule has 0 saturated carbocycles. The number of hydrazone groups is 1. The highest BCUT2D eigenvalue weighted by Gasteiger charge is 2.10. The lowest BCUT2D eigenvalue weighted by atomic mass is 10.3. The van der Waals surface area contributed by atoms with E-state index >= 15 is 0 Å². The van der Waals surface area contributed by atoms with Gasteiger partial charge in [-0.05, 0) is 6.07 Å². The summed E-state index contributed by atoms with van der Waals surface area (Å²) in [6.45, 7) is 0. The van der Waals surface area contributed by atoms with Crippen LogP contribution in [0.4, 0.5) is 15.8 Å². The number of anilines is 1. The van der Waals surface area contributed by atoms with Crippen LogP contribution in [0, 0.1) is 38.6 Å². The van der Waals surface area contributed by atoms with E-state index in [9.17, 15) is 14.5 Å². The number of hydrogen-bond donors (Lipinski definition) is 1. The molecule has 0 saturated heterocycles. The van der Waals surface area contributed by atoms with Crippen LogP contribution in [0.3, 0.4) is 0 Å². The van der Waals surface area contributed by atoms with Gasteiger partial charge in [0.25, 0.3) is 5.69 Å². The number of nitrogens with zero attached hydrogens (tertiary/aromatic N) is 4. The molecular weight excluding hydrogens is 229 g/mol. The molecule has 0 heterocycles. The molecule has 8 heteroatoms. The molecule has 1 rings (SSSR count). The first kappa shape index (κ1) is 12.1. The number of nitriles is 2. The smallest absolute Gasteiger partial charge is 0.271 e. The van der Waals surface area contributed by atoms with Gasteiger partial charge in [0, 0.05) is 12.1 Å². The van der Waals surface area contributed by atoms with Crippen molar-refractivity contribution in [2.45, 2.75) is 0 Å². The van der Waals surface area contributed by atoms with Crippen molar-refractivity contribution in [3.8, 4) is 12.1 Å². The fourth-order valence-electron chi connectivity index (χ4n) is 0.904. The molecule has 0 atom stereocenters. The van der Waals surface area contributed by atoms with Crippen LogP contribution in [-0.2, 0) is 0 Å². The number of rotatable bonds is 3. The molecule has 1 N–H and O–H groups in total. The maximum absolute atomic E-state index is 13.2. The molecule has 7 nitrogen and oxygen atoms in total. The van der Waals surface area contributed by atoms with Crippen molar-refractivity contribution in [2.75, 3.05) is 5.43 Å². The van der Waals surface area contributed by atoms with Gasteiger partial charge < -0.3 is 0 Å². The second kappa shape index (κ2) is 5.19. The molecule has 0 unspecified atom stereocenters. The first-order valence-electron chi connectivity index (χ1n) is 4.16. The lowest BCUT2D eigenvalue weighted by molar-refractivity contribution is -0.384. The highest BCUT2D eigenvalue weighted by atomic mass is 19.1.